The number of hydrogen-bond acceptors (Lipinski definition) is 6. The Morgan fingerprint density at radius 1 is 0.848 bits per heavy atom. The number of ether oxygens (including phenoxy) is 3. The molecular formula is C26H26N2O5. The summed E-state index contributed by atoms with van der Waals surface area (Å²) in [5.74, 6) is 1.01. The van der Waals surface area contributed by atoms with Crippen molar-refractivity contribution in [3.8, 4) is 17.2 Å². The van der Waals surface area contributed by atoms with Crippen LogP contribution in [0.25, 0.3) is 0 Å². The van der Waals surface area contributed by atoms with Gasteiger partial charge >= 0.3 is 5.97 Å². The van der Waals surface area contributed by atoms with E-state index in [2.05, 4.69) is 17.5 Å². The van der Waals surface area contributed by atoms with Crippen molar-refractivity contribution in [3.63, 3.8) is 0 Å². The van der Waals surface area contributed by atoms with Gasteiger partial charge in [0.05, 0.1) is 25.5 Å². The van der Waals surface area contributed by atoms with Gasteiger partial charge in [-0.2, -0.15) is 5.10 Å². The highest BCUT2D eigenvalue weighted by Crippen LogP contribution is 2.16. The van der Waals surface area contributed by atoms with E-state index >= 15 is 0 Å². The van der Waals surface area contributed by atoms with Crippen molar-refractivity contribution >= 4 is 18.1 Å². The summed E-state index contributed by atoms with van der Waals surface area (Å²) in [7, 11) is 1.56. The van der Waals surface area contributed by atoms with Crippen LogP contribution in [0.3, 0.4) is 0 Å². The minimum absolute atomic E-state index is 0.323. The van der Waals surface area contributed by atoms with E-state index in [4.69, 9.17) is 14.2 Å². The number of benzene rings is 3. The molecule has 1 amide bonds. The number of amides is 1. The third-order valence-electron chi connectivity index (χ3n) is 4.68. The van der Waals surface area contributed by atoms with Crippen LogP contribution in [-0.2, 0) is 0 Å². The molecule has 0 aliphatic carbocycles. The lowest BCUT2D eigenvalue weighted by Gasteiger charge is -2.06. The van der Waals surface area contributed by atoms with Gasteiger partial charge in [-0.05, 0) is 84.8 Å². The van der Waals surface area contributed by atoms with Crippen LogP contribution in [0.15, 0.2) is 77.9 Å². The first-order valence-electron chi connectivity index (χ1n) is 10.6. The molecule has 0 aliphatic rings. The second-order valence-corrected chi connectivity index (χ2v) is 7.11. The van der Waals surface area contributed by atoms with Crippen molar-refractivity contribution in [2.75, 3.05) is 13.7 Å². The summed E-state index contributed by atoms with van der Waals surface area (Å²) >= 11 is 0. The molecule has 170 valence electrons. The van der Waals surface area contributed by atoms with E-state index in [1.807, 2.05) is 0 Å². The predicted molar refractivity (Wildman–Crippen MR) is 126 cm³/mol. The van der Waals surface area contributed by atoms with Gasteiger partial charge in [-0.15, -0.1) is 0 Å². The summed E-state index contributed by atoms with van der Waals surface area (Å²) in [6.07, 6.45) is 3.56. The molecule has 0 unspecified atom stereocenters. The van der Waals surface area contributed by atoms with Gasteiger partial charge in [0.25, 0.3) is 5.91 Å². The molecule has 0 spiro atoms. The van der Waals surface area contributed by atoms with Gasteiger partial charge in [-0.3, -0.25) is 4.79 Å². The van der Waals surface area contributed by atoms with Crippen LogP contribution in [0, 0.1) is 0 Å². The first kappa shape index (κ1) is 23.5. The molecule has 0 saturated carbocycles. The summed E-state index contributed by atoms with van der Waals surface area (Å²) in [4.78, 5) is 24.4. The van der Waals surface area contributed by atoms with Crippen molar-refractivity contribution in [1.29, 1.82) is 0 Å². The first-order valence-corrected chi connectivity index (χ1v) is 10.6. The molecule has 33 heavy (non-hydrogen) atoms. The van der Waals surface area contributed by atoms with E-state index in [9.17, 15) is 9.59 Å². The van der Waals surface area contributed by atoms with Gasteiger partial charge in [-0.25, -0.2) is 10.2 Å². The van der Waals surface area contributed by atoms with Crippen LogP contribution in [0.4, 0.5) is 0 Å². The van der Waals surface area contributed by atoms with Crippen molar-refractivity contribution in [2.45, 2.75) is 19.8 Å². The second-order valence-electron chi connectivity index (χ2n) is 7.11. The Bertz CT molecular complexity index is 1080. The van der Waals surface area contributed by atoms with E-state index in [-0.39, 0.29) is 5.91 Å². The number of unbranched alkanes of at least 4 members (excludes halogenated alkanes) is 1. The zero-order valence-corrected chi connectivity index (χ0v) is 18.6. The third kappa shape index (κ3) is 7.21. The molecule has 0 aliphatic heterocycles. The zero-order chi connectivity index (χ0) is 23.5. The molecule has 7 heteroatoms. The largest absolute Gasteiger partial charge is 0.497 e. The number of hydrogen-bond donors (Lipinski definition) is 1. The Kier molecular flexibility index (Phi) is 8.59. The van der Waals surface area contributed by atoms with Gasteiger partial charge < -0.3 is 14.2 Å². The first-order chi connectivity index (χ1) is 16.1. The van der Waals surface area contributed by atoms with Gasteiger partial charge in [0.1, 0.15) is 17.2 Å². The SMILES string of the molecule is CCCCOc1ccc(C(=O)N/N=C/c2ccc(OC(=O)c3ccc(OC)cc3)cc2)cc1. The number of carbonyl (C=O) groups is 2. The lowest BCUT2D eigenvalue weighted by Crippen LogP contribution is -2.17. The lowest BCUT2D eigenvalue weighted by atomic mass is 10.2. The van der Waals surface area contributed by atoms with E-state index in [0.717, 1.165) is 24.2 Å². The summed E-state index contributed by atoms with van der Waals surface area (Å²) in [5, 5.41) is 3.98. The fraction of sp³-hybridized carbons (Fsp3) is 0.192. The van der Waals surface area contributed by atoms with E-state index < -0.39 is 5.97 Å². The monoisotopic (exact) mass is 446 g/mol. The fourth-order valence-corrected chi connectivity index (χ4v) is 2.78. The molecule has 0 aromatic heterocycles. The molecule has 3 rings (SSSR count). The van der Waals surface area contributed by atoms with Crippen molar-refractivity contribution in [3.05, 3.63) is 89.5 Å². The average molecular weight is 447 g/mol. The highest BCUT2D eigenvalue weighted by molar-refractivity contribution is 5.95. The minimum Gasteiger partial charge on any atom is -0.497 e. The molecule has 1 N–H and O–H groups in total. The standard InChI is InChI=1S/C26H26N2O5/c1-3-4-17-32-23-15-7-20(8-16-23)25(29)28-27-18-19-5-11-24(12-6-19)33-26(30)21-9-13-22(31-2)14-10-21/h5-16,18H,3-4,17H2,1-2H3,(H,28,29)/b27-18+. The molecule has 0 atom stereocenters. The van der Waals surface area contributed by atoms with Crippen LogP contribution < -0.4 is 19.6 Å². The van der Waals surface area contributed by atoms with E-state index in [1.165, 1.54) is 6.21 Å². The quantitative estimate of drug-likeness (QED) is 0.158. The average Bonchev–Trinajstić information content (AvgIpc) is 2.85. The third-order valence-corrected chi connectivity index (χ3v) is 4.68. The molecule has 0 fully saturated rings. The number of carbonyl (C=O) groups excluding carboxylic acids is 2. The maximum atomic E-state index is 12.2. The van der Waals surface area contributed by atoms with Crippen LogP contribution in [0.2, 0.25) is 0 Å². The molecule has 3 aromatic carbocycles. The number of nitrogens with one attached hydrogen (secondary N) is 1. The maximum absolute atomic E-state index is 12.2. The Morgan fingerprint density at radius 2 is 1.45 bits per heavy atom. The van der Waals surface area contributed by atoms with Gasteiger partial charge in [0.2, 0.25) is 0 Å². The number of hydrazone groups is 1. The second kappa shape index (κ2) is 12.0. The van der Waals surface area contributed by atoms with Crippen molar-refractivity contribution < 1.29 is 23.8 Å². The molecule has 0 radical (unpaired) electrons. The van der Waals surface area contributed by atoms with Crippen molar-refractivity contribution in [2.24, 2.45) is 5.10 Å². The van der Waals surface area contributed by atoms with E-state index in [0.29, 0.717) is 29.2 Å². The molecular weight excluding hydrogens is 420 g/mol. The molecule has 3 aromatic rings. The molecule has 7 nitrogen and oxygen atoms in total. The summed E-state index contributed by atoms with van der Waals surface area (Å²) in [6.45, 7) is 2.76. The number of esters is 1. The Morgan fingerprint density at radius 3 is 2.09 bits per heavy atom. The minimum atomic E-state index is -0.465. The number of methoxy groups -OCH3 is 1. The Labute approximate surface area is 193 Å². The van der Waals surface area contributed by atoms with Crippen LogP contribution in [-0.4, -0.2) is 31.8 Å². The Hall–Kier alpha value is -4.13. The normalized spacial score (nSPS) is 10.6. The van der Waals surface area contributed by atoms with E-state index in [1.54, 1.807) is 79.9 Å². The van der Waals surface area contributed by atoms with Crippen molar-refractivity contribution in [1.82, 2.24) is 5.43 Å². The summed E-state index contributed by atoms with van der Waals surface area (Å²) in [5.41, 5.74) is 4.13. The molecule has 0 heterocycles. The van der Waals surface area contributed by atoms with Gasteiger partial charge in [-0.1, -0.05) is 13.3 Å². The zero-order valence-electron chi connectivity index (χ0n) is 18.6. The van der Waals surface area contributed by atoms with Gasteiger partial charge in [0.15, 0.2) is 0 Å². The summed E-state index contributed by atoms with van der Waals surface area (Å²) < 4.78 is 16.0. The maximum Gasteiger partial charge on any atom is 0.343 e. The number of nitrogens with zero attached hydrogens (tertiary/aromatic N) is 1. The summed E-state index contributed by atoms with van der Waals surface area (Å²) in [6, 6.07) is 20.3. The fourth-order valence-electron chi connectivity index (χ4n) is 2.78. The molecule has 0 saturated heterocycles. The highest BCUT2D eigenvalue weighted by atomic mass is 16.5. The Balaban J connectivity index is 1.49. The highest BCUT2D eigenvalue weighted by Gasteiger charge is 2.09. The predicted octanol–water partition coefficient (Wildman–Crippen LogP) is 4.86. The number of rotatable bonds is 10. The smallest absolute Gasteiger partial charge is 0.343 e. The lowest BCUT2D eigenvalue weighted by molar-refractivity contribution is 0.0734. The van der Waals surface area contributed by atoms with Crippen LogP contribution in [0.1, 0.15) is 46.0 Å². The molecule has 0 bridgehead atoms. The van der Waals surface area contributed by atoms with Crippen LogP contribution >= 0.6 is 0 Å². The topological polar surface area (TPSA) is 86.2 Å². The van der Waals surface area contributed by atoms with Crippen LogP contribution in [0.5, 0.6) is 17.2 Å². The van der Waals surface area contributed by atoms with Gasteiger partial charge in [0, 0.05) is 5.56 Å².